The smallest absolute Gasteiger partial charge is 0.306 e. The van der Waals surface area contributed by atoms with Crippen molar-refractivity contribution in [1.29, 1.82) is 0 Å². The molecule has 2 fully saturated rings. The van der Waals surface area contributed by atoms with Crippen LogP contribution in [-0.2, 0) is 10.4 Å². The summed E-state index contributed by atoms with van der Waals surface area (Å²) in [5, 5.41) is 26.2. The van der Waals surface area contributed by atoms with E-state index >= 15 is 0 Å². The van der Waals surface area contributed by atoms with Crippen LogP contribution in [0.2, 0.25) is 0 Å². The van der Waals surface area contributed by atoms with Crippen LogP contribution in [-0.4, -0.2) is 35.3 Å². The molecule has 1 saturated heterocycles. The first kappa shape index (κ1) is 21.0. The summed E-state index contributed by atoms with van der Waals surface area (Å²) in [6, 6.07) is 23.7. The first-order valence-corrected chi connectivity index (χ1v) is 11.5. The SMILES string of the molecule is CC(N[C@H]1CCN(c2ccc(C3(O)CC(C(=O)O)C3)cc2)C1)c1cccc2ccccc12. The molecule has 32 heavy (non-hydrogen) atoms. The minimum atomic E-state index is -0.995. The zero-order valence-electron chi connectivity index (χ0n) is 18.4. The normalized spacial score (nSPS) is 26.1. The van der Waals surface area contributed by atoms with E-state index in [4.69, 9.17) is 5.11 Å². The molecule has 1 unspecified atom stereocenters. The third-order valence-corrected chi connectivity index (χ3v) is 7.25. The molecule has 1 aliphatic heterocycles. The number of nitrogens with one attached hydrogen (secondary N) is 1. The van der Waals surface area contributed by atoms with E-state index in [1.54, 1.807) is 0 Å². The summed E-state index contributed by atoms with van der Waals surface area (Å²) < 4.78 is 0. The van der Waals surface area contributed by atoms with Gasteiger partial charge in [0.15, 0.2) is 0 Å². The van der Waals surface area contributed by atoms with Crippen LogP contribution in [0, 0.1) is 5.92 Å². The van der Waals surface area contributed by atoms with Gasteiger partial charge >= 0.3 is 5.97 Å². The highest BCUT2D eigenvalue weighted by atomic mass is 16.4. The lowest BCUT2D eigenvalue weighted by molar-refractivity contribution is -0.159. The first-order chi connectivity index (χ1) is 15.4. The molecule has 3 aromatic rings. The van der Waals surface area contributed by atoms with Gasteiger partial charge in [0.1, 0.15) is 0 Å². The molecule has 0 bridgehead atoms. The van der Waals surface area contributed by atoms with E-state index in [2.05, 4.69) is 71.7 Å². The van der Waals surface area contributed by atoms with Gasteiger partial charge in [-0.1, -0.05) is 54.6 Å². The van der Waals surface area contributed by atoms with Gasteiger partial charge in [0, 0.05) is 30.9 Å². The van der Waals surface area contributed by atoms with E-state index < -0.39 is 17.5 Å². The number of carboxylic acids is 1. The van der Waals surface area contributed by atoms with E-state index in [0.717, 1.165) is 30.8 Å². The van der Waals surface area contributed by atoms with Crippen molar-refractivity contribution in [1.82, 2.24) is 5.32 Å². The lowest BCUT2D eigenvalue weighted by Gasteiger charge is -2.42. The molecule has 0 aromatic heterocycles. The van der Waals surface area contributed by atoms with Crippen LogP contribution in [0.1, 0.15) is 43.4 Å². The summed E-state index contributed by atoms with van der Waals surface area (Å²) >= 11 is 0. The highest BCUT2D eigenvalue weighted by Crippen LogP contribution is 2.46. The maximum Gasteiger partial charge on any atom is 0.306 e. The molecule has 166 valence electrons. The number of aliphatic hydroxyl groups is 1. The predicted molar refractivity (Wildman–Crippen MR) is 127 cm³/mol. The Balaban J connectivity index is 1.22. The number of fused-ring (bicyclic) bond motifs is 1. The van der Waals surface area contributed by atoms with Crippen LogP contribution >= 0.6 is 0 Å². The summed E-state index contributed by atoms with van der Waals surface area (Å²) in [4.78, 5) is 13.4. The van der Waals surface area contributed by atoms with Gasteiger partial charge in [0.2, 0.25) is 0 Å². The third-order valence-electron chi connectivity index (χ3n) is 7.25. The van der Waals surface area contributed by atoms with Gasteiger partial charge in [0.05, 0.1) is 11.5 Å². The molecular formula is C27H30N2O3. The Morgan fingerprint density at radius 2 is 1.78 bits per heavy atom. The van der Waals surface area contributed by atoms with E-state index in [0.29, 0.717) is 18.9 Å². The van der Waals surface area contributed by atoms with E-state index in [9.17, 15) is 9.90 Å². The van der Waals surface area contributed by atoms with Crippen molar-refractivity contribution in [3.63, 3.8) is 0 Å². The molecule has 0 amide bonds. The van der Waals surface area contributed by atoms with Crippen LogP contribution in [0.3, 0.4) is 0 Å². The third kappa shape index (κ3) is 3.87. The number of rotatable bonds is 6. The summed E-state index contributed by atoms with van der Waals surface area (Å²) in [7, 11) is 0. The highest BCUT2D eigenvalue weighted by Gasteiger charge is 2.47. The molecule has 5 rings (SSSR count). The zero-order valence-corrected chi connectivity index (χ0v) is 18.4. The summed E-state index contributed by atoms with van der Waals surface area (Å²) in [5.74, 6) is -1.26. The molecule has 1 heterocycles. The minimum absolute atomic E-state index is 0.267. The molecule has 1 saturated carbocycles. The highest BCUT2D eigenvalue weighted by molar-refractivity contribution is 5.86. The number of hydrogen-bond donors (Lipinski definition) is 3. The molecule has 2 aliphatic rings. The fourth-order valence-corrected chi connectivity index (χ4v) is 5.35. The minimum Gasteiger partial charge on any atom is -0.481 e. The lowest BCUT2D eigenvalue weighted by atomic mass is 9.67. The Labute approximate surface area is 188 Å². The number of hydrogen-bond acceptors (Lipinski definition) is 4. The van der Waals surface area contributed by atoms with Crippen molar-refractivity contribution in [2.45, 2.75) is 43.9 Å². The molecule has 2 atom stereocenters. The van der Waals surface area contributed by atoms with Gasteiger partial charge in [-0.15, -0.1) is 0 Å². The summed E-state index contributed by atoms with van der Waals surface area (Å²) in [6.07, 6.45) is 1.67. The van der Waals surface area contributed by atoms with E-state index in [1.165, 1.54) is 16.3 Å². The monoisotopic (exact) mass is 430 g/mol. The van der Waals surface area contributed by atoms with E-state index in [1.807, 2.05) is 12.1 Å². The Bertz CT molecular complexity index is 1120. The maximum atomic E-state index is 11.1. The van der Waals surface area contributed by atoms with Crippen LogP contribution in [0.15, 0.2) is 66.7 Å². The molecule has 3 aromatic carbocycles. The van der Waals surface area contributed by atoms with Gasteiger partial charge in [-0.25, -0.2) is 0 Å². The average Bonchev–Trinajstić information content (AvgIpc) is 3.25. The second kappa shape index (κ2) is 8.23. The van der Waals surface area contributed by atoms with Crippen LogP contribution in [0.4, 0.5) is 5.69 Å². The molecule has 3 N–H and O–H groups in total. The summed E-state index contributed by atoms with van der Waals surface area (Å²) in [5.41, 5.74) is 2.30. The lowest BCUT2D eigenvalue weighted by Crippen LogP contribution is -2.44. The van der Waals surface area contributed by atoms with Crippen LogP contribution < -0.4 is 10.2 Å². The first-order valence-electron chi connectivity index (χ1n) is 11.5. The number of nitrogens with zero attached hydrogens (tertiary/aromatic N) is 1. The second-order valence-corrected chi connectivity index (χ2v) is 9.41. The topological polar surface area (TPSA) is 72.8 Å². The predicted octanol–water partition coefficient (Wildman–Crippen LogP) is 4.45. The van der Waals surface area contributed by atoms with E-state index in [-0.39, 0.29) is 6.04 Å². The van der Waals surface area contributed by atoms with Gasteiger partial charge in [-0.05, 0) is 60.2 Å². The maximum absolute atomic E-state index is 11.1. The Kier molecular flexibility index (Phi) is 5.39. The van der Waals surface area contributed by atoms with Crippen molar-refractivity contribution in [3.8, 4) is 0 Å². The van der Waals surface area contributed by atoms with Crippen molar-refractivity contribution in [2.75, 3.05) is 18.0 Å². The largest absolute Gasteiger partial charge is 0.481 e. The molecule has 1 aliphatic carbocycles. The number of anilines is 1. The zero-order chi connectivity index (χ0) is 22.3. The molecule has 0 radical (unpaired) electrons. The Morgan fingerprint density at radius 1 is 1.06 bits per heavy atom. The van der Waals surface area contributed by atoms with Gasteiger partial charge in [0.25, 0.3) is 0 Å². The van der Waals surface area contributed by atoms with Gasteiger partial charge in [-0.3, -0.25) is 4.79 Å². The molecule has 0 spiro atoms. The number of carboxylic acid groups (broad SMARTS) is 1. The number of benzene rings is 3. The number of carbonyl (C=O) groups is 1. The van der Waals surface area contributed by atoms with Crippen molar-refractivity contribution >= 4 is 22.4 Å². The Morgan fingerprint density at radius 3 is 2.53 bits per heavy atom. The van der Waals surface area contributed by atoms with Crippen molar-refractivity contribution < 1.29 is 15.0 Å². The van der Waals surface area contributed by atoms with Crippen molar-refractivity contribution in [2.24, 2.45) is 5.92 Å². The number of aliphatic carboxylic acids is 1. The summed E-state index contributed by atoms with van der Waals surface area (Å²) in [6.45, 7) is 4.17. The average molecular weight is 431 g/mol. The quantitative estimate of drug-likeness (QED) is 0.539. The second-order valence-electron chi connectivity index (χ2n) is 9.41. The van der Waals surface area contributed by atoms with Crippen LogP contribution in [0.25, 0.3) is 10.8 Å². The van der Waals surface area contributed by atoms with Crippen LogP contribution in [0.5, 0.6) is 0 Å². The molecular weight excluding hydrogens is 400 g/mol. The fraction of sp³-hybridized carbons (Fsp3) is 0.370. The van der Waals surface area contributed by atoms with Crippen molar-refractivity contribution in [3.05, 3.63) is 77.9 Å². The fourth-order valence-electron chi connectivity index (χ4n) is 5.35. The molecule has 5 nitrogen and oxygen atoms in total. The van der Waals surface area contributed by atoms with Gasteiger partial charge in [-0.2, -0.15) is 0 Å². The van der Waals surface area contributed by atoms with Gasteiger partial charge < -0.3 is 20.4 Å². The molecule has 5 heteroatoms. The Hall–Kier alpha value is -2.89. The standard InChI is InChI=1S/C27H30N2O3/c1-18(24-8-4-6-19-5-2-3-7-25(19)24)28-22-13-14-29(17-22)23-11-9-21(10-12-23)27(32)15-20(16-27)26(30)31/h2-12,18,20,22,28,32H,13-17H2,1H3,(H,30,31)/t18?,20?,22-,27?/m0/s1.